The van der Waals surface area contributed by atoms with E-state index in [-0.39, 0.29) is 12.3 Å². The normalized spacial score (nSPS) is 13.6. The number of carboxylic acids is 1. The first-order valence-corrected chi connectivity index (χ1v) is 13.0. The largest absolute Gasteiger partial charge is 0.493 e. The maximum atomic E-state index is 12.5. The lowest BCUT2D eigenvalue weighted by Gasteiger charge is -2.19. The van der Waals surface area contributed by atoms with Gasteiger partial charge in [-0.05, 0) is 73.2 Å². The van der Waals surface area contributed by atoms with E-state index in [1.165, 1.54) is 29.0 Å². The van der Waals surface area contributed by atoms with Gasteiger partial charge in [0, 0.05) is 42.9 Å². The van der Waals surface area contributed by atoms with Gasteiger partial charge in [-0.15, -0.1) is 0 Å². The number of amides is 1. The summed E-state index contributed by atoms with van der Waals surface area (Å²) < 4.78 is 7.74. The minimum absolute atomic E-state index is 0.140. The third-order valence-corrected chi connectivity index (χ3v) is 7.02. The van der Waals surface area contributed by atoms with Gasteiger partial charge in [0.1, 0.15) is 5.75 Å². The van der Waals surface area contributed by atoms with Crippen molar-refractivity contribution in [3.05, 3.63) is 88.9 Å². The molecule has 2 heterocycles. The molecule has 0 bridgehead atoms. The van der Waals surface area contributed by atoms with Crippen LogP contribution in [0.15, 0.2) is 60.8 Å². The molecule has 0 unspecified atom stereocenters. The van der Waals surface area contributed by atoms with E-state index in [9.17, 15) is 14.7 Å². The molecule has 1 aliphatic rings. The fourth-order valence-corrected chi connectivity index (χ4v) is 5.06. The number of ether oxygens (including phenoxy) is 1. The van der Waals surface area contributed by atoms with Crippen LogP contribution in [0, 0.1) is 0 Å². The van der Waals surface area contributed by atoms with Gasteiger partial charge in [0.05, 0.1) is 30.8 Å². The maximum Gasteiger partial charge on any atom is 0.305 e. The molecule has 0 radical (unpaired) electrons. The molecule has 5 rings (SSSR count). The van der Waals surface area contributed by atoms with Crippen LogP contribution in [0.5, 0.6) is 5.75 Å². The molecule has 0 saturated heterocycles. The van der Waals surface area contributed by atoms with E-state index < -0.39 is 12.0 Å². The van der Waals surface area contributed by atoms with Crippen LogP contribution in [0.25, 0.3) is 10.9 Å². The lowest BCUT2D eigenvalue weighted by atomic mass is 9.96. The van der Waals surface area contributed by atoms with Crippen molar-refractivity contribution in [1.29, 1.82) is 0 Å². The van der Waals surface area contributed by atoms with Crippen molar-refractivity contribution in [3.8, 4) is 5.75 Å². The Morgan fingerprint density at radius 1 is 1.08 bits per heavy atom. The summed E-state index contributed by atoms with van der Waals surface area (Å²) in [6.07, 6.45) is 6.92. The van der Waals surface area contributed by atoms with Crippen LogP contribution in [-0.4, -0.2) is 57.3 Å². The van der Waals surface area contributed by atoms with Crippen LogP contribution in [0.4, 0.5) is 0 Å². The number of benzene rings is 2. The molecule has 1 N–H and O–H groups in total. The van der Waals surface area contributed by atoms with Crippen molar-refractivity contribution < 1.29 is 19.4 Å². The average Bonchev–Trinajstić information content (AvgIpc) is 3.34. The number of carbonyl (C=O) groups is 2. The highest BCUT2D eigenvalue weighted by atomic mass is 16.5. The second-order valence-electron chi connectivity index (χ2n) is 9.96. The fraction of sp³-hybridized carbons (Fsp3) is 0.333. The minimum Gasteiger partial charge on any atom is -0.493 e. The second-order valence-corrected chi connectivity index (χ2v) is 9.96. The Labute approximate surface area is 221 Å². The summed E-state index contributed by atoms with van der Waals surface area (Å²) >= 11 is 0. The SMILES string of the molecule is CN(C)C(=O)c1cccc([C@H](CC(=O)O)n2ncc3cc(OCCc4ccc5c(n4)CCCC5)ccc32)c1. The number of hydrogen-bond acceptors (Lipinski definition) is 5. The Morgan fingerprint density at radius 2 is 1.92 bits per heavy atom. The number of aryl methyl sites for hydroxylation is 2. The van der Waals surface area contributed by atoms with E-state index in [1.807, 2.05) is 24.3 Å². The molecule has 4 aromatic rings. The molecule has 2 aromatic carbocycles. The van der Waals surface area contributed by atoms with E-state index >= 15 is 0 Å². The zero-order valence-corrected chi connectivity index (χ0v) is 21.8. The van der Waals surface area contributed by atoms with Gasteiger partial charge in [-0.25, -0.2) is 0 Å². The maximum absolute atomic E-state index is 12.5. The van der Waals surface area contributed by atoms with E-state index in [2.05, 4.69) is 17.2 Å². The number of carboxylic acid groups (broad SMARTS) is 1. The molecule has 0 fully saturated rings. The highest BCUT2D eigenvalue weighted by molar-refractivity contribution is 5.94. The van der Waals surface area contributed by atoms with Gasteiger partial charge in [-0.3, -0.25) is 19.3 Å². The molecule has 1 aliphatic carbocycles. The highest BCUT2D eigenvalue weighted by Crippen LogP contribution is 2.29. The number of rotatable bonds is 9. The first-order valence-electron chi connectivity index (χ1n) is 13.0. The molecule has 8 heteroatoms. The topological polar surface area (TPSA) is 97.6 Å². The summed E-state index contributed by atoms with van der Waals surface area (Å²) in [4.78, 5) is 30.6. The van der Waals surface area contributed by atoms with Gasteiger partial charge in [0.15, 0.2) is 0 Å². The predicted octanol–water partition coefficient (Wildman–Crippen LogP) is 4.70. The van der Waals surface area contributed by atoms with E-state index in [4.69, 9.17) is 9.72 Å². The Kier molecular flexibility index (Phi) is 7.40. The monoisotopic (exact) mass is 512 g/mol. The summed E-state index contributed by atoms with van der Waals surface area (Å²) in [6, 6.07) is 16.5. The number of pyridine rings is 1. The number of hydrogen-bond donors (Lipinski definition) is 1. The molecule has 0 spiro atoms. The average molecular weight is 513 g/mol. The van der Waals surface area contributed by atoms with Crippen molar-refractivity contribution in [2.24, 2.45) is 0 Å². The Balaban J connectivity index is 1.33. The third kappa shape index (κ3) is 5.54. The molecule has 8 nitrogen and oxygen atoms in total. The summed E-state index contributed by atoms with van der Waals surface area (Å²) in [6.45, 7) is 0.514. The molecule has 38 heavy (non-hydrogen) atoms. The van der Waals surface area contributed by atoms with Crippen LogP contribution < -0.4 is 4.74 Å². The van der Waals surface area contributed by atoms with Gasteiger partial charge in [-0.2, -0.15) is 5.10 Å². The predicted molar refractivity (Wildman–Crippen MR) is 145 cm³/mol. The standard InChI is InChI=1S/C30H32N4O4/c1-33(2)30(37)22-8-5-7-21(16-22)28(18-29(35)36)34-27-13-12-25(17-23(27)19-31-34)38-15-14-24-11-10-20-6-3-4-9-26(20)32-24/h5,7-8,10-13,16-17,19,28H,3-4,6,9,14-15,18H2,1-2H3,(H,35,36)/t28-/m0/s1. The van der Waals surface area contributed by atoms with E-state index in [1.54, 1.807) is 43.2 Å². The molecule has 196 valence electrons. The van der Waals surface area contributed by atoms with Gasteiger partial charge < -0.3 is 14.7 Å². The molecular formula is C30H32N4O4. The highest BCUT2D eigenvalue weighted by Gasteiger charge is 2.22. The first kappa shape index (κ1) is 25.4. The van der Waals surface area contributed by atoms with Crippen molar-refractivity contribution in [1.82, 2.24) is 19.7 Å². The summed E-state index contributed by atoms with van der Waals surface area (Å²) in [5, 5.41) is 15.0. The molecule has 0 saturated carbocycles. The first-order chi connectivity index (χ1) is 18.4. The van der Waals surface area contributed by atoms with Crippen LogP contribution in [-0.2, 0) is 24.1 Å². The Morgan fingerprint density at radius 3 is 2.74 bits per heavy atom. The Hall–Kier alpha value is -4.20. The van der Waals surface area contributed by atoms with Crippen molar-refractivity contribution in [2.45, 2.75) is 44.6 Å². The smallest absolute Gasteiger partial charge is 0.305 e. The molecule has 1 amide bonds. The fourth-order valence-electron chi connectivity index (χ4n) is 5.06. The van der Waals surface area contributed by atoms with Crippen LogP contribution >= 0.6 is 0 Å². The zero-order valence-electron chi connectivity index (χ0n) is 21.8. The van der Waals surface area contributed by atoms with Crippen LogP contribution in [0.2, 0.25) is 0 Å². The number of carbonyl (C=O) groups excluding carboxylic acids is 1. The van der Waals surface area contributed by atoms with Crippen molar-refractivity contribution >= 4 is 22.8 Å². The zero-order chi connectivity index (χ0) is 26.6. The lowest BCUT2D eigenvalue weighted by molar-refractivity contribution is -0.137. The number of aromatic nitrogens is 3. The summed E-state index contributed by atoms with van der Waals surface area (Å²) in [7, 11) is 3.38. The molecule has 1 atom stereocenters. The Bertz CT molecular complexity index is 1480. The van der Waals surface area contributed by atoms with Crippen molar-refractivity contribution in [3.63, 3.8) is 0 Å². The molecule has 2 aromatic heterocycles. The van der Waals surface area contributed by atoms with Crippen molar-refractivity contribution in [2.75, 3.05) is 20.7 Å². The quantitative estimate of drug-likeness (QED) is 0.349. The van der Waals surface area contributed by atoms with E-state index in [0.717, 1.165) is 41.6 Å². The van der Waals surface area contributed by atoms with Gasteiger partial charge in [0.25, 0.3) is 5.91 Å². The second kappa shape index (κ2) is 11.0. The number of fused-ring (bicyclic) bond motifs is 2. The van der Waals surface area contributed by atoms with Gasteiger partial charge >= 0.3 is 5.97 Å². The molecule has 0 aliphatic heterocycles. The summed E-state index contributed by atoms with van der Waals surface area (Å²) in [5.41, 5.74) is 5.66. The lowest BCUT2D eigenvalue weighted by Crippen LogP contribution is -2.22. The minimum atomic E-state index is -0.946. The number of nitrogens with zero attached hydrogens (tertiary/aromatic N) is 4. The van der Waals surface area contributed by atoms with Crippen LogP contribution in [0.3, 0.4) is 0 Å². The van der Waals surface area contributed by atoms with Gasteiger partial charge in [-0.1, -0.05) is 18.2 Å². The van der Waals surface area contributed by atoms with E-state index in [0.29, 0.717) is 17.7 Å². The number of aliphatic carboxylic acids is 1. The summed E-state index contributed by atoms with van der Waals surface area (Å²) in [5.74, 6) is -0.360. The third-order valence-electron chi connectivity index (χ3n) is 7.02. The molecular weight excluding hydrogens is 480 g/mol. The van der Waals surface area contributed by atoms with Gasteiger partial charge in [0.2, 0.25) is 0 Å². The van der Waals surface area contributed by atoms with Crippen LogP contribution in [0.1, 0.15) is 58.2 Å².